The predicted octanol–water partition coefficient (Wildman–Crippen LogP) is 1.93. The first-order chi connectivity index (χ1) is 15.1. The van der Waals surface area contributed by atoms with E-state index in [9.17, 15) is 21.6 Å². The van der Waals surface area contributed by atoms with Crippen molar-refractivity contribution in [3.63, 3.8) is 0 Å². The standard InChI is InChI=1S/C19H25F3N6O3S/c1-26-11-18(25-13-26)32(29,30)28-9-14(27-6-4-2-3-5-7-27)15(10-28)31-17-8-16(19(20,21)22)23-12-24-17/h8,11-15H,2-7,9-10H2,1H3. The van der Waals surface area contributed by atoms with Gasteiger partial charge in [-0.2, -0.15) is 17.5 Å². The molecule has 0 aliphatic carbocycles. The third kappa shape index (κ3) is 4.89. The maximum Gasteiger partial charge on any atom is 0.433 e. The van der Waals surface area contributed by atoms with E-state index in [1.807, 2.05) is 0 Å². The molecule has 2 aliphatic rings. The number of ether oxygens (including phenoxy) is 1. The Balaban J connectivity index is 1.60. The number of aromatic nitrogens is 4. The molecule has 176 valence electrons. The summed E-state index contributed by atoms with van der Waals surface area (Å²) in [5, 5.41) is -0.0725. The van der Waals surface area contributed by atoms with Crippen molar-refractivity contribution in [3.05, 3.63) is 30.6 Å². The summed E-state index contributed by atoms with van der Waals surface area (Å²) < 4.78 is 74.1. The quantitative estimate of drug-likeness (QED) is 0.654. The van der Waals surface area contributed by atoms with Gasteiger partial charge in [0.1, 0.15) is 12.4 Å². The zero-order valence-electron chi connectivity index (χ0n) is 17.6. The molecule has 2 aromatic rings. The molecule has 0 saturated carbocycles. The van der Waals surface area contributed by atoms with Gasteiger partial charge >= 0.3 is 6.18 Å². The number of hydrogen-bond acceptors (Lipinski definition) is 7. The Kier molecular flexibility index (Phi) is 6.41. The van der Waals surface area contributed by atoms with Gasteiger partial charge in [0.25, 0.3) is 10.0 Å². The number of alkyl halides is 3. The second kappa shape index (κ2) is 8.94. The van der Waals surface area contributed by atoms with Crippen LogP contribution in [0.5, 0.6) is 5.88 Å². The minimum absolute atomic E-state index is 0.00850. The highest BCUT2D eigenvalue weighted by Gasteiger charge is 2.44. The van der Waals surface area contributed by atoms with Crippen molar-refractivity contribution < 1.29 is 26.3 Å². The van der Waals surface area contributed by atoms with E-state index in [4.69, 9.17) is 4.74 Å². The van der Waals surface area contributed by atoms with Crippen LogP contribution in [0.3, 0.4) is 0 Å². The molecule has 2 saturated heterocycles. The van der Waals surface area contributed by atoms with Gasteiger partial charge in [0.2, 0.25) is 5.88 Å². The first-order valence-corrected chi connectivity index (χ1v) is 11.9. The van der Waals surface area contributed by atoms with Crippen molar-refractivity contribution in [1.29, 1.82) is 0 Å². The number of rotatable bonds is 5. The summed E-state index contributed by atoms with van der Waals surface area (Å²) in [6.45, 7) is 1.71. The van der Waals surface area contributed by atoms with E-state index in [0.29, 0.717) is 0 Å². The molecule has 2 unspecified atom stereocenters. The number of aryl methyl sites for hydroxylation is 1. The smallest absolute Gasteiger partial charge is 0.433 e. The molecule has 9 nitrogen and oxygen atoms in total. The summed E-state index contributed by atoms with van der Waals surface area (Å²) >= 11 is 0. The number of hydrogen-bond donors (Lipinski definition) is 0. The molecule has 13 heteroatoms. The van der Waals surface area contributed by atoms with Crippen molar-refractivity contribution in [2.75, 3.05) is 26.2 Å². The lowest BCUT2D eigenvalue weighted by Gasteiger charge is -2.31. The molecule has 0 aromatic carbocycles. The van der Waals surface area contributed by atoms with E-state index >= 15 is 0 Å². The minimum Gasteiger partial charge on any atom is -0.471 e. The van der Waals surface area contributed by atoms with Gasteiger partial charge in [-0.05, 0) is 25.9 Å². The highest BCUT2D eigenvalue weighted by Crippen LogP contribution is 2.31. The fourth-order valence-electron chi connectivity index (χ4n) is 4.18. The van der Waals surface area contributed by atoms with Crippen LogP contribution in [0.15, 0.2) is 29.9 Å². The van der Waals surface area contributed by atoms with Crippen LogP contribution in [0.4, 0.5) is 13.2 Å². The number of likely N-dealkylation sites (tertiary alicyclic amines) is 1. The van der Waals surface area contributed by atoms with Crippen molar-refractivity contribution in [1.82, 2.24) is 28.7 Å². The molecule has 4 rings (SSSR count). The van der Waals surface area contributed by atoms with Crippen LogP contribution >= 0.6 is 0 Å². The normalized spacial score (nSPS) is 23.9. The SMILES string of the molecule is Cn1cnc(S(=O)(=O)N2CC(Oc3cc(C(F)(F)F)ncn3)C(N3CCCCCC3)C2)c1. The van der Waals surface area contributed by atoms with Crippen LogP contribution < -0.4 is 4.74 Å². The van der Waals surface area contributed by atoms with Crippen LogP contribution in [0, 0.1) is 0 Å². The number of nitrogens with zero attached hydrogens (tertiary/aromatic N) is 6. The van der Waals surface area contributed by atoms with Crippen LogP contribution in [0.25, 0.3) is 0 Å². The number of imidazole rings is 1. The first-order valence-electron chi connectivity index (χ1n) is 10.4. The van der Waals surface area contributed by atoms with Gasteiger partial charge in [0.05, 0.1) is 18.9 Å². The molecule has 2 fully saturated rings. The zero-order valence-corrected chi connectivity index (χ0v) is 18.4. The molecule has 2 atom stereocenters. The Labute approximate surface area is 184 Å². The Morgan fingerprint density at radius 3 is 2.41 bits per heavy atom. The molecule has 0 radical (unpaired) electrons. The molecule has 32 heavy (non-hydrogen) atoms. The van der Waals surface area contributed by atoms with E-state index in [1.165, 1.54) is 16.8 Å². The van der Waals surface area contributed by atoms with E-state index in [0.717, 1.165) is 51.2 Å². The van der Waals surface area contributed by atoms with Gasteiger partial charge in [-0.1, -0.05) is 12.8 Å². The van der Waals surface area contributed by atoms with Gasteiger partial charge in [-0.3, -0.25) is 4.90 Å². The second-order valence-corrected chi connectivity index (χ2v) is 10.00. The highest BCUT2D eigenvalue weighted by atomic mass is 32.2. The van der Waals surface area contributed by atoms with Crippen molar-refractivity contribution in [3.8, 4) is 5.88 Å². The Bertz CT molecular complexity index is 1040. The highest BCUT2D eigenvalue weighted by molar-refractivity contribution is 7.89. The Hall–Kier alpha value is -2.25. The van der Waals surface area contributed by atoms with Gasteiger partial charge in [-0.25, -0.2) is 23.4 Å². The predicted molar refractivity (Wildman–Crippen MR) is 107 cm³/mol. The summed E-state index contributed by atoms with van der Waals surface area (Å²) in [6, 6.07) is 0.436. The lowest BCUT2D eigenvalue weighted by atomic mass is 10.1. The lowest BCUT2D eigenvalue weighted by Crippen LogP contribution is -2.46. The topological polar surface area (TPSA) is 93.5 Å². The maximum absolute atomic E-state index is 13.1. The average Bonchev–Trinajstić information content (AvgIpc) is 3.27. The third-order valence-corrected chi connectivity index (χ3v) is 7.52. The summed E-state index contributed by atoms with van der Waals surface area (Å²) in [6.07, 6.45) is 2.45. The first kappa shape index (κ1) is 22.9. The van der Waals surface area contributed by atoms with Gasteiger partial charge < -0.3 is 9.30 Å². The van der Waals surface area contributed by atoms with Crippen LogP contribution in [0.2, 0.25) is 0 Å². The van der Waals surface area contributed by atoms with Crippen LogP contribution in [-0.2, 0) is 23.2 Å². The number of sulfonamides is 1. The lowest BCUT2D eigenvalue weighted by molar-refractivity contribution is -0.141. The summed E-state index contributed by atoms with van der Waals surface area (Å²) in [5.74, 6) is -0.228. The second-order valence-electron chi connectivity index (χ2n) is 8.11. The van der Waals surface area contributed by atoms with Crippen molar-refractivity contribution in [2.24, 2.45) is 7.05 Å². The molecule has 2 aromatic heterocycles. The summed E-state index contributed by atoms with van der Waals surface area (Å²) in [5.41, 5.74) is -1.11. The fourth-order valence-corrected chi connectivity index (χ4v) is 5.62. The van der Waals surface area contributed by atoms with E-state index in [1.54, 1.807) is 11.6 Å². The third-order valence-electron chi connectivity index (χ3n) is 5.80. The zero-order chi connectivity index (χ0) is 22.9. The fraction of sp³-hybridized carbons (Fsp3) is 0.632. The van der Waals surface area contributed by atoms with E-state index < -0.39 is 28.0 Å². The molecule has 0 amide bonds. The van der Waals surface area contributed by atoms with Crippen LogP contribution in [-0.4, -0.2) is 75.5 Å². The maximum atomic E-state index is 13.1. The number of halogens is 3. The summed E-state index contributed by atoms with van der Waals surface area (Å²) in [7, 11) is -2.20. The Morgan fingerprint density at radius 2 is 1.78 bits per heavy atom. The van der Waals surface area contributed by atoms with Gasteiger partial charge in [0, 0.05) is 25.9 Å². The average molecular weight is 475 g/mol. The molecular formula is C19H25F3N6O3S. The molecule has 0 bridgehead atoms. The molecular weight excluding hydrogens is 449 g/mol. The van der Waals surface area contributed by atoms with Crippen molar-refractivity contribution in [2.45, 2.75) is 49.0 Å². The van der Waals surface area contributed by atoms with Crippen molar-refractivity contribution >= 4 is 10.0 Å². The Morgan fingerprint density at radius 1 is 1.06 bits per heavy atom. The monoisotopic (exact) mass is 474 g/mol. The molecule has 2 aliphatic heterocycles. The molecule has 4 heterocycles. The summed E-state index contributed by atoms with van der Waals surface area (Å²) in [4.78, 5) is 13.2. The van der Waals surface area contributed by atoms with E-state index in [2.05, 4.69) is 19.9 Å². The van der Waals surface area contributed by atoms with E-state index in [-0.39, 0.29) is 30.0 Å². The largest absolute Gasteiger partial charge is 0.471 e. The van der Waals surface area contributed by atoms with Gasteiger partial charge in [0.15, 0.2) is 10.7 Å². The van der Waals surface area contributed by atoms with Gasteiger partial charge in [-0.15, -0.1) is 0 Å². The van der Waals surface area contributed by atoms with Crippen LogP contribution in [0.1, 0.15) is 31.4 Å². The minimum atomic E-state index is -4.63. The molecule has 0 spiro atoms. The molecule has 0 N–H and O–H groups in total.